The van der Waals surface area contributed by atoms with Crippen LogP contribution in [0.25, 0.3) is 0 Å². The highest BCUT2D eigenvalue weighted by Gasteiger charge is 2.07. The highest BCUT2D eigenvalue weighted by molar-refractivity contribution is 5.17. The minimum Gasteiger partial charge on any atom is -0.392 e. The summed E-state index contributed by atoms with van der Waals surface area (Å²) in [4.78, 5) is 4.37. The summed E-state index contributed by atoms with van der Waals surface area (Å²) < 4.78 is 0. The van der Waals surface area contributed by atoms with Crippen molar-refractivity contribution in [2.45, 2.75) is 32.3 Å². The summed E-state index contributed by atoms with van der Waals surface area (Å²) in [6, 6.07) is 14.1. The van der Waals surface area contributed by atoms with Gasteiger partial charge in [-0.25, -0.2) is 0 Å². The van der Waals surface area contributed by atoms with E-state index in [0.717, 1.165) is 17.7 Å². The van der Waals surface area contributed by atoms with Gasteiger partial charge in [0.25, 0.3) is 0 Å². The van der Waals surface area contributed by atoms with E-state index in [1.54, 1.807) is 0 Å². The summed E-state index contributed by atoms with van der Waals surface area (Å²) in [5.74, 6) is 0. The number of nitrogens with zero attached hydrogens (tertiary/aromatic N) is 1. The van der Waals surface area contributed by atoms with Crippen molar-refractivity contribution < 1.29 is 5.11 Å². The zero-order valence-corrected chi connectivity index (χ0v) is 10.7. The van der Waals surface area contributed by atoms with Crippen LogP contribution in [0.15, 0.2) is 48.7 Å². The molecule has 1 aromatic heterocycles. The smallest absolute Gasteiger partial charge is 0.0635 e. The van der Waals surface area contributed by atoms with E-state index in [1.165, 1.54) is 5.56 Å². The fourth-order valence-electron chi connectivity index (χ4n) is 1.98. The molecule has 2 aromatic rings. The van der Waals surface area contributed by atoms with Crippen LogP contribution in [0.2, 0.25) is 0 Å². The zero-order valence-electron chi connectivity index (χ0n) is 10.7. The molecule has 2 heteroatoms. The van der Waals surface area contributed by atoms with Crippen LogP contribution in [0.3, 0.4) is 0 Å². The van der Waals surface area contributed by atoms with Gasteiger partial charge in [-0.2, -0.15) is 0 Å². The first kappa shape index (κ1) is 12.8. The third-order valence-corrected chi connectivity index (χ3v) is 3.05. The lowest BCUT2D eigenvalue weighted by Crippen LogP contribution is -2.14. The van der Waals surface area contributed by atoms with Gasteiger partial charge in [0, 0.05) is 18.3 Å². The van der Waals surface area contributed by atoms with Crippen molar-refractivity contribution in [2.24, 2.45) is 0 Å². The van der Waals surface area contributed by atoms with E-state index in [9.17, 15) is 5.11 Å². The first-order chi connectivity index (χ1) is 8.78. The molecule has 0 aliphatic heterocycles. The molecule has 0 saturated heterocycles. The minimum atomic E-state index is -0.368. The van der Waals surface area contributed by atoms with Crippen LogP contribution < -0.4 is 0 Å². The maximum Gasteiger partial charge on any atom is 0.0635 e. The van der Waals surface area contributed by atoms with Crippen molar-refractivity contribution in [1.82, 2.24) is 4.98 Å². The Kier molecular flexibility index (Phi) is 4.48. The van der Waals surface area contributed by atoms with Crippen molar-refractivity contribution in [3.05, 3.63) is 65.5 Å². The fourth-order valence-corrected chi connectivity index (χ4v) is 1.98. The standard InChI is InChI=1S/C16H19NO/c1-2-13-8-9-15(17-12-13)11-16(18)10-14-6-4-3-5-7-14/h3-9,12,16,18H,2,10-11H2,1H3. The Morgan fingerprint density at radius 1 is 1.00 bits per heavy atom. The van der Waals surface area contributed by atoms with Gasteiger partial charge in [-0.1, -0.05) is 43.3 Å². The van der Waals surface area contributed by atoms with Gasteiger partial charge >= 0.3 is 0 Å². The van der Waals surface area contributed by atoms with E-state index < -0.39 is 0 Å². The van der Waals surface area contributed by atoms with Crippen LogP contribution in [-0.2, 0) is 19.3 Å². The predicted octanol–water partition coefficient (Wildman–Crippen LogP) is 2.79. The maximum atomic E-state index is 10.0. The number of benzene rings is 1. The number of hydrogen-bond donors (Lipinski definition) is 1. The van der Waals surface area contributed by atoms with Gasteiger partial charge in [0.1, 0.15) is 0 Å². The van der Waals surface area contributed by atoms with Crippen LogP contribution in [0.4, 0.5) is 0 Å². The Hall–Kier alpha value is -1.67. The summed E-state index contributed by atoms with van der Waals surface area (Å²) >= 11 is 0. The Bertz CT molecular complexity index is 464. The lowest BCUT2D eigenvalue weighted by Gasteiger charge is -2.10. The second-order valence-electron chi connectivity index (χ2n) is 4.56. The molecule has 0 spiro atoms. The van der Waals surface area contributed by atoms with Crippen molar-refractivity contribution in [3.8, 4) is 0 Å². The number of aromatic nitrogens is 1. The molecule has 0 radical (unpaired) electrons. The van der Waals surface area contributed by atoms with Crippen LogP contribution in [0.1, 0.15) is 23.7 Å². The minimum absolute atomic E-state index is 0.368. The summed E-state index contributed by atoms with van der Waals surface area (Å²) in [6.07, 6.45) is 3.81. The Morgan fingerprint density at radius 2 is 1.78 bits per heavy atom. The van der Waals surface area contributed by atoms with Crippen molar-refractivity contribution in [3.63, 3.8) is 0 Å². The van der Waals surface area contributed by atoms with Crippen molar-refractivity contribution in [2.75, 3.05) is 0 Å². The molecule has 1 heterocycles. The molecule has 0 bridgehead atoms. The lowest BCUT2D eigenvalue weighted by atomic mass is 10.0. The molecular formula is C16H19NO. The maximum absolute atomic E-state index is 10.0. The first-order valence-electron chi connectivity index (χ1n) is 6.43. The number of aryl methyl sites for hydroxylation is 1. The lowest BCUT2D eigenvalue weighted by molar-refractivity contribution is 0.174. The monoisotopic (exact) mass is 241 g/mol. The molecule has 1 N–H and O–H groups in total. The average Bonchev–Trinajstić information content (AvgIpc) is 2.40. The fraction of sp³-hybridized carbons (Fsp3) is 0.312. The largest absolute Gasteiger partial charge is 0.392 e. The highest BCUT2D eigenvalue weighted by Crippen LogP contribution is 2.08. The molecule has 2 rings (SSSR count). The molecule has 1 atom stereocenters. The topological polar surface area (TPSA) is 33.1 Å². The zero-order chi connectivity index (χ0) is 12.8. The SMILES string of the molecule is CCc1ccc(CC(O)Cc2ccccc2)nc1. The quantitative estimate of drug-likeness (QED) is 0.873. The van der Waals surface area contributed by atoms with E-state index in [4.69, 9.17) is 0 Å². The molecule has 94 valence electrons. The van der Waals surface area contributed by atoms with Crippen LogP contribution in [-0.4, -0.2) is 16.2 Å². The van der Waals surface area contributed by atoms with Gasteiger partial charge in [-0.15, -0.1) is 0 Å². The number of rotatable bonds is 5. The van der Waals surface area contributed by atoms with Gasteiger partial charge in [-0.05, 0) is 30.0 Å². The third-order valence-electron chi connectivity index (χ3n) is 3.05. The van der Waals surface area contributed by atoms with Crippen LogP contribution in [0, 0.1) is 0 Å². The van der Waals surface area contributed by atoms with Gasteiger partial charge in [-0.3, -0.25) is 4.98 Å². The number of hydrogen-bond acceptors (Lipinski definition) is 2. The van der Waals surface area contributed by atoms with E-state index in [0.29, 0.717) is 12.8 Å². The van der Waals surface area contributed by atoms with E-state index in [1.807, 2.05) is 42.6 Å². The van der Waals surface area contributed by atoms with Gasteiger partial charge in [0.15, 0.2) is 0 Å². The summed E-state index contributed by atoms with van der Waals surface area (Å²) in [5, 5.41) is 10.0. The van der Waals surface area contributed by atoms with Crippen molar-refractivity contribution >= 4 is 0 Å². The molecule has 0 amide bonds. The summed E-state index contributed by atoms with van der Waals surface area (Å²) in [7, 11) is 0. The molecule has 0 saturated carbocycles. The van der Waals surface area contributed by atoms with Crippen molar-refractivity contribution in [1.29, 1.82) is 0 Å². The second-order valence-corrected chi connectivity index (χ2v) is 4.56. The summed E-state index contributed by atoms with van der Waals surface area (Å²) in [6.45, 7) is 2.11. The van der Waals surface area contributed by atoms with Gasteiger partial charge in [0.05, 0.1) is 6.10 Å². The van der Waals surface area contributed by atoms with Crippen LogP contribution >= 0.6 is 0 Å². The predicted molar refractivity (Wildman–Crippen MR) is 73.5 cm³/mol. The second kappa shape index (κ2) is 6.31. The van der Waals surface area contributed by atoms with Crippen LogP contribution in [0.5, 0.6) is 0 Å². The van der Waals surface area contributed by atoms with Gasteiger partial charge in [0.2, 0.25) is 0 Å². The number of aliphatic hydroxyl groups excluding tert-OH is 1. The van der Waals surface area contributed by atoms with E-state index >= 15 is 0 Å². The molecule has 0 fully saturated rings. The Balaban J connectivity index is 1.92. The molecule has 1 unspecified atom stereocenters. The number of pyridine rings is 1. The van der Waals surface area contributed by atoms with Gasteiger partial charge < -0.3 is 5.11 Å². The molecule has 2 nitrogen and oxygen atoms in total. The normalized spacial score (nSPS) is 12.3. The Labute approximate surface area is 108 Å². The third kappa shape index (κ3) is 3.67. The first-order valence-corrected chi connectivity index (χ1v) is 6.43. The molecule has 0 aliphatic carbocycles. The average molecular weight is 241 g/mol. The number of aliphatic hydroxyl groups is 1. The van der Waals surface area contributed by atoms with E-state index in [2.05, 4.69) is 18.0 Å². The molecular weight excluding hydrogens is 222 g/mol. The van der Waals surface area contributed by atoms with E-state index in [-0.39, 0.29) is 6.10 Å². The molecule has 1 aromatic carbocycles. The summed E-state index contributed by atoms with van der Waals surface area (Å²) in [5.41, 5.74) is 3.35. The molecule has 18 heavy (non-hydrogen) atoms. The molecule has 0 aliphatic rings. The Morgan fingerprint density at radius 3 is 2.39 bits per heavy atom. The highest BCUT2D eigenvalue weighted by atomic mass is 16.3.